The quantitative estimate of drug-likeness (QED) is 0.817. The fraction of sp³-hybridized carbons (Fsp3) is 0.867. The zero-order valence-corrected chi connectivity index (χ0v) is 12.7. The summed E-state index contributed by atoms with van der Waals surface area (Å²) in [4.78, 5) is 27.7. The van der Waals surface area contributed by atoms with Crippen LogP contribution in [-0.4, -0.2) is 59.9 Å². The topological polar surface area (TPSA) is 52.7 Å². The largest absolute Gasteiger partial charge is 0.353 e. The summed E-state index contributed by atoms with van der Waals surface area (Å²) in [6.45, 7) is 7.34. The number of carbonyl (C=O) groups is 2. The lowest BCUT2D eigenvalue weighted by molar-refractivity contribution is -0.134. The highest BCUT2D eigenvalue weighted by molar-refractivity contribution is 5.86. The van der Waals surface area contributed by atoms with Gasteiger partial charge in [0.2, 0.25) is 11.8 Å². The van der Waals surface area contributed by atoms with Crippen LogP contribution in [0.1, 0.15) is 46.0 Å². The number of carbonyl (C=O) groups excluding carboxylic acids is 2. The van der Waals surface area contributed by atoms with Crippen LogP contribution in [-0.2, 0) is 9.59 Å². The zero-order valence-electron chi connectivity index (χ0n) is 12.7. The molecule has 5 nitrogen and oxygen atoms in total. The fourth-order valence-electron chi connectivity index (χ4n) is 3.08. The predicted octanol–water partition coefficient (Wildman–Crippen LogP) is 0.988. The number of amides is 2. The Bertz CT molecular complexity index is 353. The van der Waals surface area contributed by atoms with Crippen molar-refractivity contribution in [3.8, 4) is 0 Å². The third-order valence-corrected chi connectivity index (χ3v) is 4.55. The molecule has 0 spiro atoms. The lowest BCUT2D eigenvalue weighted by Gasteiger charge is -2.32. The third-order valence-electron chi connectivity index (χ3n) is 4.55. The van der Waals surface area contributed by atoms with Gasteiger partial charge in [-0.15, -0.1) is 0 Å². The van der Waals surface area contributed by atoms with Crippen LogP contribution in [0.25, 0.3) is 0 Å². The number of hydrogen-bond donors (Lipinski definition) is 1. The van der Waals surface area contributed by atoms with E-state index in [0.29, 0.717) is 19.0 Å². The molecule has 114 valence electrons. The molecule has 2 aliphatic heterocycles. The molecule has 0 aromatic carbocycles. The summed E-state index contributed by atoms with van der Waals surface area (Å²) in [5.41, 5.74) is 0. The van der Waals surface area contributed by atoms with Gasteiger partial charge in [-0.25, -0.2) is 0 Å². The van der Waals surface area contributed by atoms with E-state index in [1.807, 2.05) is 6.92 Å². The molecule has 2 saturated heterocycles. The second kappa shape index (κ2) is 7.07. The SMILES string of the molecule is C[C@H](CNC(=O)CN1C(=O)CC[C@@H]1C)N1CCCCC1. The van der Waals surface area contributed by atoms with Gasteiger partial charge in [0.1, 0.15) is 0 Å². The Balaban J connectivity index is 1.70. The molecule has 0 saturated carbocycles. The van der Waals surface area contributed by atoms with Crippen molar-refractivity contribution in [2.24, 2.45) is 0 Å². The maximum Gasteiger partial charge on any atom is 0.239 e. The average Bonchev–Trinajstić information content (AvgIpc) is 2.77. The third kappa shape index (κ3) is 3.95. The van der Waals surface area contributed by atoms with Gasteiger partial charge < -0.3 is 10.2 Å². The molecule has 2 atom stereocenters. The second-order valence-electron chi connectivity index (χ2n) is 6.16. The summed E-state index contributed by atoms with van der Waals surface area (Å²) in [5, 5.41) is 2.97. The van der Waals surface area contributed by atoms with E-state index < -0.39 is 0 Å². The van der Waals surface area contributed by atoms with Gasteiger partial charge >= 0.3 is 0 Å². The molecule has 0 radical (unpaired) electrons. The van der Waals surface area contributed by atoms with Crippen LogP contribution in [0, 0.1) is 0 Å². The smallest absolute Gasteiger partial charge is 0.239 e. The van der Waals surface area contributed by atoms with E-state index in [9.17, 15) is 9.59 Å². The van der Waals surface area contributed by atoms with Gasteiger partial charge in [0.25, 0.3) is 0 Å². The van der Waals surface area contributed by atoms with E-state index in [0.717, 1.165) is 19.5 Å². The first kappa shape index (κ1) is 15.3. The van der Waals surface area contributed by atoms with Gasteiger partial charge in [0, 0.05) is 25.0 Å². The minimum absolute atomic E-state index is 0.0315. The molecule has 0 aliphatic carbocycles. The van der Waals surface area contributed by atoms with E-state index in [2.05, 4.69) is 17.1 Å². The molecule has 2 heterocycles. The van der Waals surface area contributed by atoms with Gasteiger partial charge in [-0.05, 0) is 46.2 Å². The van der Waals surface area contributed by atoms with Crippen LogP contribution >= 0.6 is 0 Å². The molecule has 1 N–H and O–H groups in total. The van der Waals surface area contributed by atoms with Crippen molar-refractivity contribution in [1.29, 1.82) is 0 Å². The second-order valence-corrected chi connectivity index (χ2v) is 6.16. The minimum Gasteiger partial charge on any atom is -0.353 e. The van der Waals surface area contributed by atoms with Gasteiger partial charge in [0.05, 0.1) is 6.54 Å². The zero-order chi connectivity index (χ0) is 14.5. The van der Waals surface area contributed by atoms with Gasteiger partial charge in [-0.2, -0.15) is 0 Å². The molecule has 5 heteroatoms. The summed E-state index contributed by atoms with van der Waals surface area (Å²) >= 11 is 0. The predicted molar refractivity (Wildman–Crippen MR) is 78.3 cm³/mol. The van der Waals surface area contributed by atoms with Crippen LogP contribution in [0.2, 0.25) is 0 Å². The normalized spacial score (nSPS) is 25.8. The van der Waals surface area contributed by atoms with E-state index in [4.69, 9.17) is 0 Å². The van der Waals surface area contributed by atoms with Crippen LogP contribution in [0.15, 0.2) is 0 Å². The van der Waals surface area contributed by atoms with E-state index in [-0.39, 0.29) is 24.4 Å². The Labute approximate surface area is 121 Å². The summed E-state index contributed by atoms with van der Waals surface area (Å²) in [6.07, 6.45) is 5.30. The number of piperidine rings is 1. The van der Waals surface area contributed by atoms with Crippen LogP contribution in [0.5, 0.6) is 0 Å². The van der Waals surface area contributed by atoms with E-state index in [1.165, 1.54) is 19.3 Å². The maximum absolute atomic E-state index is 12.0. The number of nitrogens with one attached hydrogen (secondary N) is 1. The molecule has 0 bridgehead atoms. The van der Waals surface area contributed by atoms with Gasteiger partial charge in [-0.3, -0.25) is 14.5 Å². The first-order valence-electron chi connectivity index (χ1n) is 7.88. The Morgan fingerprint density at radius 3 is 2.65 bits per heavy atom. The number of likely N-dealkylation sites (tertiary alicyclic amines) is 2. The highest BCUT2D eigenvalue weighted by Crippen LogP contribution is 2.17. The van der Waals surface area contributed by atoms with Crippen LogP contribution in [0.3, 0.4) is 0 Å². The Morgan fingerprint density at radius 1 is 1.35 bits per heavy atom. The minimum atomic E-state index is -0.0315. The Hall–Kier alpha value is -1.10. The summed E-state index contributed by atoms with van der Waals surface area (Å²) in [6, 6.07) is 0.582. The number of hydrogen-bond acceptors (Lipinski definition) is 3. The molecule has 0 aromatic heterocycles. The first-order valence-corrected chi connectivity index (χ1v) is 7.88. The number of rotatable bonds is 5. The Morgan fingerprint density at radius 2 is 2.05 bits per heavy atom. The standard InChI is InChI=1S/C15H27N3O2/c1-12-6-7-15(20)18(12)11-14(19)16-10-13(2)17-8-4-3-5-9-17/h12-13H,3-11H2,1-2H3,(H,16,19)/t12-,13+/m0/s1. The molecule has 20 heavy (non-hydrogen) atoms. The first-order chi connectivity index (χ1) is 9.58. The maximum atomic E-state index is 12.0. The van der Waals surface area contributed by atoms with Crippen molar-refractivity contribution in [2.75, 3.05) is 26.2 Å². The lowest BCUT2D eigenvalue weighted by atomic mass is 10.1. The monoisotopic (exact) mass is 281 g/mol. The molecular weight excluding hydrogens is 254 g/mol. The highest BCUT2D eigenvalue weighted by atomic mass is 16.2. The molecule has 2 aliphatic rings. The van der Waals surface area contributed by atoms with Crippen molar-refractivity contribution < 1.29 is 9.59 Å². The van der Waals surface area contributed by atoms with Gasteiger partial charge in [0.15, 0.2) is 0 Å². The van der Waals surface area contributed by atoms with Crippen LogP contribution < -0.4 is 5.32 Å². The van der Waals surface area contributed by atoms with Crippen molar-refractivity contribution >= 4 is 11.8 Å². The van der Waals surface area contributed by atoms with Crippen molar-refractivity contribution in [2.45, 2.75) is 58.0 Å². The fourth-order valence-corrected chi connectivity index (χ4v) is 3.08. The molecule has 2 amide bonds. The molecule has 0 unspecified atom stereocenters. The van der Waals surface area contributed by atoms with Crippen molar-refractivity contribution in [3.63, 3.8) is 0 Å². The summed E-state index contributed by atoms with van der Waals surface area (Å²) < 4.78 is 0. The van der Waals surface area contributed by atoms with E-state index in [1.54, 1.807) is 4.90 Å². The lowest BCUT2D eigenvalue weighted by Crippen LogP contribution is -2.47. The van der Waals surface area contributed by atoms with Crippen molar-refractivity contribution in [1.82, 2.24) is 15.1 Å². The average molecular weight is 281 g/mol. The van der Waals surface area contributed by atoms with E-state index >= 15 is 0 Å². The molecule has 0 aromatic rings. The Kier molecular flexibility index (Phi) is 5.40. The summed E-state index contributed by atoms with van der Waals surface area (Å²) in [7, 11) is 0. The van der Waals surface area contributed by atoms with Crippen LogP contribution in [0.4, 0.5) is 0 Å². The molecule has 2 fully saturated rings. The number of nitrogens with zero attached hydrogens (tertiary/aromatic N) is 2. The molecule has 2 rings (SSSR count). The highest BCUT2D eigenvalue weighted by Gasteiger charge is 2.29. The summed E-state index contributed by atoms with van der Waals surface area (Å²) in [5.74, 6) is 0.0766. The molecular formula is C15H27N3O2. The van der Waals surface area contributed by atoms with Gasteiger partial charge in [-0.1, -0.05) is 6.42 Å². The van der Waals surface area contributed by atoms with Crippen molar-refractivity contribution in [3.05, 3.63) is 0 Å².